The first-order valence-corrected chi connectivity index (χ1v) is 6.78. The lowest BCUT2D eigenvalue weighted by atomic mass is 10.3. The first kappa shape index (κ1) is 15.0. The molecule has 0 saturated carbocycles. The summed E-state index contributed by atoms with van der Waals surface area (Å²) in [7, 11) is 0. The van der Waals surface area contributed by atoms with Crippen molar-refractivity contribution < 1.29 is 4.92 Å². The fraction of sp³-hybridized carbons (Fsp3) is 0.0909. The van der Waals surface area contributed by atoms with E-state index in [1.165, 1.54) is 10.6 Å². The van der Waals surface area contributed by atoms with E-state index in [9.17, 15) is 14.9 Å². The molecular weight excluding hydrogens is 373 g/mol. The van der Waals surface area contributed by atoms with Gasteiger partial charge in [0.1, 0.15) is 10.3 Å². The summed E-state index contributed by atoms with van der Waals surface area (Å²) in [5.74, 6) is 0. The summed E-state index contributed by atoms with van der Waals surface area (Å²) in [5, 5.41) is 11.2. The molecule has 6 nitrogen and oxygen atoms in total. The SMILES string of the molecule is O=c1c(Br)cc([N+](=O)[O-])cn1Cc1ccc(Cl)nc1Cl. The molecule has 0 aliphatic carbocycles. The minimum absolute atomic E-state index is 0.0577. The number of aromatic nitrogens is 2. The van der Waals surface area contributed by atoms with E-state index in [4.69, 9.17) is 23.2 Å². The van der Waals surface area contributed by atoms with Crippen molar-refractivity contribution in [3.8, 4) is 0 Å². The van der Waals surface area contributed by atoms with E-state index in [-0.39, 0.29) is 27.0 Å². The van der Waals surface area contributed by atoms with Gasteiger partial charge in [0.25, 0.3) is 11.2 Å². The van der Waals surface area contributed by atoms with Crippen LogP contribution in [-0.2, 0) is 6.54 Å². The third kappa shape index (κ3) is 3.17. The third-order valence-electron chi connectivity index (χ3n) is 2.47. The average Bonchev–Trinajstić information content (AvgIpc) is 2.37. The molecular formula is C11H6BrCl2N3O3. The predicted molar refractivity (Wildman–Crippen MR) is 78.4 cm³/mol. The molecule has 0 atom stereocenters. The number of halogens is 3. The quantitative estimate of drug-likeness (QED) is 0.466. The van der Waals surface area contributed by atoms with Crippen molar-refractivity contribution in [3.05, 3.63) is 65.2 Å². The van der Waals surface area contributed by atoms with Crippen molar-refractivity contribution in [2.75, 3.05) is 0 Å². The standard InChI is InChI=1S/C11H6BrCl2N3O3/c12-8-3-7(17(19)20)5-16(11(8)18)4-6-1-2-9(13)15-10(6)14/h1-3,5H,4H2. The summed E-state index contributed by atoms with van der Waals surface area (Å²) in [4.78, 5) is 26.0. The zero-order chi connectivity index (χ0) is 14.9. The topological polar surface area (TPSA) is 78.0 Å². The minimum Gasteiger partial charge on any atom is -0.303 e. The Balaban J connectivity index is 2.47. The lowest BCUT2D eigenvalue weighted by Gasteiger charge is -2.08. The molecule has 104 valence electrons. The molecule has 0 unspecified atom stereocenters. The van der Waals surface area contributed by atoms with E-state index in [0.29, 0.717) is 5.56 Å². The second-order valence-corrected chi connectivity index (χ2v) is 5.42. The normalized spacial score (nSPS) is 10.6. The van der Waals surface area contributed by atoms with Gasteiger partial charge in [-0.05, 0) is 22.0 Å². The van der Waals surface area contributed by atoms with Crippen LogP contribution in [0.1, 0.15) is 5.56 Å². The zero-order valence-electron chi connectivity index (χ0n) is 9.72. The van der Waals surface area contributed by atoms with Crippen molar-refractivity contribution in [1.29, 1.82) is 0 Å². The lowest BCUT2D eigenvalue weighted by molar-refractivity contribution is -0.385. The molecule has 20 heavy (non-hydrogen) atoms. The van der Waals surface area contributed by atoms with Gasteiger partial charge < -0.3 is 4.57 Å². The van der Waals surface area contributed by atoms with Crippen LogP contribution in [0.2, 0.25) is 10.3 Å². The fourth-order valence-electron chi connectivity index (χ4n) is 1.54. The number of rotatable bonds is 3. The maximum atomic E-state index is 11.9. The van der Waals surface area contributed by atoms with Crippen LogP contribution in [0.3, 0.4) is 0 Å². The summed E-state index contributed by atoms with van der Waals surface area (Å²) >= 11 is 14.6. The summed E-state index contributed by atoms with van der Waals surface area (Å²) in [6, 6.07) is 4.29. The minimum atomic E-state index is -0.581. The van der Waals surface area contributed by atoms with Crippen LogP contribution < -0.4 is 5.56 Å². The average molecular weight is 379 g/mol. The highest BCUT2D eigenvalue weighted by atomic mass is 79.9. The van der Waals surface area contributed by atoms with Crippen molar-refractivity contribution in [2.24, 2.45) is 0 Å². The number of nitro groups is 1. The van der Waals surface area contributed by atoms with E-state index < -0.39 is 10.5 Å². The van der Waals surface area contributed by atoms with Crippen LogP contribution in [0.25, 0.3) is 0 Å². The maximum absolute atomic E-state index is 11.9. The maximum Gasteiger partial charge on any atom is 0.286 e. The Hall–Kier alpha value is -1.44. The summed E-state index contributed by atoms with van der Waals surface area (Å²) in [5.41, 5.74) is -0.0679. The number of pyridine rings is 2. The van der Waals surface area contributed by atoms with Gasteiger partial charge in [-0.3, -0.25) is 14.9 Å². The van der Waals surface area contributed by atoms with E-state index in [2.05, 4.69) is 20.9 Å². The van der Waals surface area contributed by atoms with E-state index in [0.717, 1.165) is 12.3 Å². The molecule has 2 rings (SSSR count). The summed E-state index contributed by atoms with van der Waals surface area (Å²) < 4.78 is 1.28. The first-order chi connectivity index (χ1) is 9.38. The van der Waals surface area contributed by atoms with Crippen molar-refractivity contribution in [1.82, 2.24) is 9.55 Å². The van der Waals surface area contributed by atoms with E-state index in [1.54, 1.807) is 6.07 Å². The Kier molecular flexibility index (Phi) is 4.42. The molecule has 0 fully saturated rings. The molecule has 2 aromatic heterocycles. The molecule has 0 bridgehead atoms. The molecule has 2 aromatic rings. The van der Waals surface area contributed by atoms with Crippen LogP contribution in [0, 0.1) is 10.1 Å². The molecule has 0 aliphatic rings. The molecule has 0 N–H and O–H groups in total. The van der Waals surface area contributed by atoms with Crippen LogP contribution in [0.15, 0.2) is 33.7 Å². The Morgan fingerprint density at radius 1 is 1.40 bits per heavy atom. The van der Waals surface area contributed by atoms with Gasteiger partial charge in [-0.1, -0.05) is 29.3 Å². The van der Waals surface area contributed by atoms with Gasteiger partial charge in [-0.2, -0.15) is 0 Å². The van der Waals surface area contributed by atoms with Gasteiger partial charge in [-0.25, -0.2) is 4.98 Å². The molecule has 0 aliphatic heterocycles. The van der Waals surface area contributed by atoms with Crippen LogP contribution in [-0.4, -0.2) is 14.5 Å². The predicted octanol–water partition coefficient (Wildman–Crippen LogP) is 3.27. The van der Waals surface area contributed by atoms with Crippen LogP contribution in [0.5, 0.6) is 0 Å². The van der Waals surface area contributed by atoms with Gasteiger partial charge in [0.15, 0.2) is 0 Å². The van der Waals surface area contributed by atoms with Crippen LogP contribution in [0.4, 0.5) is 5.69 Å². The number of nitrogens with zero attached hydrogens (tertiary/aromatic N) is 3. The second kappa shape index (κ2) is 5.90. The monoisotopic (exact) mass is 377 g/mol. The number of hydrogen-bond donors (Lipinski definition) is 0. The molecule has 0 aromatic carbocycles. The van der Waals surface area contributed by atoms with Gasteiger partial charge in [0.2, 0.25) is 0 Å². The zero-order valence-corrected chi connectivity index (χ0v) is 12.8. The van der Waals surface area contributed by atoms with Crippen molar-refractivity contribution in [2.45, 2.75) is 6.54 Å². The largest absolute Gasteiger partial charge is 0.303 e. The highest BCUT2D eigenvalue weighted by Gasteiger charge is 2.13. The Morgan fingerprint density at radius 2 is 2.10 bits per heavy atom. The first-order valence-electron chi connectivity index (χ1n) is 5.24. The Labute approximate surface area is 131 Å². The van der Waals surface area contributed by atoms with E-state index in [1.807, 2.05) is 0 Å². The molecule has 0 spiro atoms. The van der Waals surface area contributed by atoms with Gasteiger partial charge in [-0.15, -0.1) is 0 Å². The summed E-state index contributed by atoms with van der Waals surface area (Å²) in [6.45, 7) is 0.0577. The van der Waals surface area contributed by atoms with Gasteiger partial charge >= 0.3 is 0 Å². The molecule has 0 radical (unpaired) electrons. The molecule has 0 amide bonds. The molecule has 9 heteroatoms. The van der Waals surface area contributed by atoms with E-state index >= 15 is 0 Å². The molecule has 0 saturated heterocycles. The smallest absolute Gasteiger partial charge is 0.286 e. The van der Waals surface area contributed by atoms with Gasteiger partial charge in [0, 0.05) is 11.6 Å². The third-order valence-corrected chi connectivity index (χ3v) is 3.58. The number of hydrogen-bond acceptors (Lipinski definition) is 4. The highest BCUT2D eigenvalue weighted by molar-refractivity contribution is 9.10. The van der Waals surface area contributed by atoms with Crippen molar-refractivity contribution >= 4 is 44.8 Å². The lowest BCUT2D eigenvalue weighted by Crippen LogP contribution is -2.21. The Morgan fingerprint density at radius 3 is 2.70 bits per heavy atom. The highest BCUT2D eigenvalue weighted by Crippen LogP contribution is 2.19. The molecule has 2 heterocycles. The van der Waals surface area contributed by atoms with Crippen LogP contribution >= 0.6 is 39.1 Å². The summed E-state index contributed by atoms with van der Waals surface area (Å²) in [6.07, 6.45) is 1.15. The van der Waals surface area contributed by atoms with Crippen molar-refractivity contribution in [3.63, 3.8) is 0 Å². The Bertz CT molecular complexity index is 748. The van der Waals surface area contributed by atoms with Gasteiger partial charge in [0.05, 0.1) is 22.1 Å². The fourth-order valence-corrected chi connectivity index (χ4v) is 2.41. The second-order valence-electron chi connectivity index (χ2n) is 3.82.